The molecule has 1 aromatic heterocycles. The van der Waals surface area contributed by atoms with Gasteiger partial charge in [-0.25, -0.2) is 0 Å². The lowest BCUT2D eigenvalue weighted by molar-refractivity contribution is 0.415. The summed E-state index contributed by atoms with van der Waals surface area (Å²) in [6, 6.07) is 13.7. The number of ether oxygens (including phenoxy) is 2. The van der Waals surface area contributed by atoms with Crippen molar-refractivity contribution in [3.63, 3.8) is 0 Å². The summed E-state index contributed by atoms with van der Waals surface area (Å²) in [7, 11) is 1.58. The second-order valence-electron chi connectivity index (χ2n) is 7.63. The molecule has 0 saturated heterocycles. The maximum atomic E-state index is 6.27. The molecule has 1 fully saturated rings. The standard InChI is InChI=1S/C23H25ClIN5O2/c1-31-20-13-10-17(14-19(20)24)27-22-28-21(26-16-6-4-2-3-5-7-16)29-23(30-22)32-18-11-8-15(25)9-12-18/h8-14,16H,2-7H2,1H3,(H2,26,27,28,29,30). The van der Waals surface area contributed by atoms with Gasteiger partial charge in [-0.3, -0.25) is 0 Å². The third-order valence-electron chi connectivity index (χ3n) is 5.23. The Morgan fingerprint density at radius 3 is 2.34 bits per heavy atom. The quantitative estimate of drug-likeness (QED) is 0.241. The van der Waals surface area contributed by atoms with E-state index in [1.54, 1.807) is 19.2 Å². The average molecular weight is 566 g/mol. The summed E-state index contributed by atoms with van der Waals surface area (Å²) in [4.78, 5) is 13.6. The Kier molecular flexibility index (Phi) is 7.85. The molecule has 0 bridgehead atoms. The molecule has 0 spiro atoms. The minimum Gasteiger partial charge on any atom is -0.495 e. The van der Waals surface area contributed by atoms with Gasteiger partial charge in [0.1, 0.15) is 11.5 Å². The first-order valence-corrected chi connectivity index (χ1v) is 12.1. The highest BCUT2D eigenvalue weighted by molar-refractivity contribution is 14.1. The van der Waals surface area contributed by atoms with Gasteiger partial charge < -0.3 is 20.1 Å². The van der Waals surface area contributed by atoms with Crippen LogP contribution in [-0.4, -0.2) is 28.1 Å². The molecule has 32 heavy (non-hydrogen) atoms. The Labute approximate surface area is 206 Å². The zero-order chi connectivity index (χ0) is 22.3. The first-order valence-electron chi connectivity index (χ1n) is 10.7. The second kappa shape index (κ2) is 11.0. The summed E-state index contributed by atoms with van der Waals surface area (Å²) in [5, 5.41) is 7.18. The van der Waals surface area contributed by atoms with Crippen LogP contribution in [0.3, 0.4) is 0 Å². The number of nitrogens with zero attached hydrogens (tertiary/aromatic N) is 3. The van der Waals surface area contributed by atoms with E-state index < -0.39 is 0 Å². The monoisotopic (exact) mass is 565 g/mol. The summed E-state index contributed by atoms with van der Waals surface area (Å²) in [6.45, 7) is 0. The molecule has 4 rings (SSSR count). The van der Waals surface area contributed by atoms with Crippen LogP contribution in [0, 0.1) is 3.57 Å². The molecule has 0 atom stereocenters. The largest absolute Gasteiger partial charge is 0.495 e. The molecule has 2 N–H and O–H groups in total. The van der Waals surface area contributed by atoms with Crippen LogP contribution in [0.25, 0.3) is 0 Å². The summed E-state index contributed by atoms with van der Waals surface area (Å²) >= 11 is 8.52. The van der Waals surface area contributed by atoms with Gasteiger partial charge in [0, 0.05) is 15.3 Å². The van der Waals surface area contributed by atoms with Crippen LogP contribution in [0.1, 0.15) is 38.5 Å². The number of aromatic nitrogens is 3. The summed E-state index contributed by atoms with van der Waals surface area (Å²) in [5.74, 6) is 2.13. The van der Waals surface area contributed by atoms with Crippen LogP contribution in [-0.2, 0) is 0 Å². The Bertz CT molecular complexity index is 1040. The van der Waals surface area contributed by atoms with Gasteiger partial charge in [-0.1, -0.05) is 37.3 Å². The normalized spacial score (nSPS) is 14.5. The fourth-order valence-corrected chi connectivity index (χ4v) is 4.23. The van der Waals surface area contributed by atoms with E-state index in [0.717, 1.165) is 22.1 Å². The molecule has 0 aliphatic heterocycles. The third-order valence-corrected chi connectivity index (χ3v) is 6.25. The van der Waals surface area contributed by atoms with E-state index in [1.807, 2.05) is 30.3 Å². The number of methoxy groups -OCH3 is 1. The van der Waals surface area contributed by atoms with Gasteiger partial charge in [-0.15, -0.1) is 0 Å². The molecule has 9 heteroatoms. The lowest BCUT2D eigenvalue weighted by Gasteiger charge is -2.17. The van der Waals surface area contributed by atoms with E-state index in [1.165, 1.54) is 25.7 Å². The van der Waals surface area contributed by atoms with E-state index in [4.69, 9.17) is 21.1 Å². The van der Waals surface area contributed by atoms with Crippen molar-refractivity contribution < 1.29 is 9.47 Å². The lowest BCUT2D eigenvalue weighted by atomic mass is 10.1. The highest BCUT2D eigenvalue weighted by atomic mass is 127. The molecular formula is C23H25ClIN5O2. The number of anilines is 3. The second-order valence-corrected chi connectivity index (χ2v) is 9.28. The van der Waals surface area contributed by atoms with E-state index in [2.05, 4.69) is 48.2 Å². The summed E-state index contributed by atoms with van der Waals surface area (Å²) in [6.07, 6.45) is 7.20. The van der Waals surface area contributed by atoms with Crippen molar-refractivity contribution in [2.24, 2.45) is 0 Å². The van der Waals surface area contributed by atoms with Crippen LogP contribution in [0.5, 0.6) is 17.5 Å². The van der Waals surface area contributed by atoms with Crippen LogP contribution < -0.4 is 20.1 Å². The first kappa shape index (κ1) is 22.8. The third kappa shape index (κ3) is 6.35. The number of hydrogen-bond acceptors (Lipinski definition) is 7. The fraction of sp³-hybridized carbons (Fsp3) is 0.348. The van der Waals surface area contributed by atoms with Gasteiger partial charge >= 0.3 is 6.01 Å². The SMILES string of the molecule is COc1ccc(Nc2nc(NC3CCCCCC3)nc(Oc3ccc(I)cc3)n2)cc1Cl. The molecule has 0 amide bonds. The van der Waals surface area contributed by atoms with Crippen molar-refractivity contribution in [2.75, 3.05) is 17.7 Å². The molecule has 0 unspecified atom stereocenters. The molecule has 7 nitrogen and oxygen atoms in total. The van der Waals surface area contributed by atoms with E-state index >= 15 is 0 Å². The highest BCUT2D eigenvalue weighted by Gasteiger charge is 2.16. The van der Waals surface area contributed by atoms with E-state index in [-0.39, 0.29) is 6.01 Å². The molecule has 1 aliphatic carbocycles. The lowest BCUT2D eigenvalue weighted by Crippen LogP contribution is -2.20. The number of rotatable bonds is 7. The van der Waals surface area contributed by atoms with Crippen molar-refractivity contribution in [3.05, 3.63) is 51.1 Å². The highest BCUT2D eigenvalue weighted by Crippen LogP contribution is 2.29. The molecule has 1 heterocycles. The maximum Gasteiger partial charge on any atom is 0.328 e. The van der Waals surface area contributed by atoms with Crippen LogP contribution >= 0.6 is 34.2 Å². The maximum absolute atomic E-state index is 6.27. The molecule has 168 valence electrons. The first-order chi connectivity index (χ1) is 15.6. The number of nitrogens with one attached hydrogen (secondary N) is 2. The van der Waals surface area contributed by atoms with Crippen molar-refractivity contribution in [1.82, 2.24) is 15.0 Å². The predicted octanol–water partition coefficient (Wildman–Crippen LogP) is 6.81. The van der Waals surface area contributed by atoms with Gasteiger partial charge in [0.15, 0.2) is 0 Å². The van der Waals surface area contributed by atoms with Gasteiger partial charge in [-0.05, 0) is 77.9 Å². The number of hydrogen-bond donors (Lipinski definition) is 2. The van der Waals surface area contributed by atoms with Crippen molar-refractivity contribution in [2.45, 2.75) is 44.6 Å². The number of benzene rings is 2. The van der Waals surface area contributed by atoms with Crippen LogP contribution in [0.2, 0.25) is 5.02 Å². The number of halogens is 2. The van der Waals surface area contributed by atoms with Crippen LogP contribution in [0.15, 0.2) is 42.5 Å². The topological polar surface area (TPSA) is 81.2 Å². The van der Waals surface area contributed by atoms with E-state index in [9.17, 15) is 0 Å². The minimum atomic E-state index is 0.222. The minimum absolute atomic E-state index is 0.222. The summed E-state index contributed by atoms with van der Waals surface area (Å²) < 4.78 is 12.3. The summed E-state index contributed by atoms with van der Waals surface area (Å²) in [5.41, 5.74) is 0.739. The average Bonchev–Trinajstić information content (AvgIpc) is 3.04. The van der Waals surface area contributed by atoms with Crippen molar-refractivity contribution in [1.29, 1.82) is 0 Å². The molecule has 1 aliphatic rings. The van der Waals surface area contributed by atoms with Gasteiger partial charge in [-0.2, -0.15) is 15.0 Å². The Hall–Kier alpha value is -2.33. The zero-order valence-corrected chi connectivity index (χ0v) is 20.7. The smallest absolute Gasteiger partial charge is 0.328 e. The van der Waals surface area contributed by atoms with Gasteiger partial charge in [0.25, 0.3) is 0 Å². The molecule has 3 aromatic rings. The van der Waals surface area contributed by atoms with Crippen molar-refractivity contribution >= 4 is 51.8 Å². The predicted molar refractivity (Wildman–Crippen MR) is 135 cm³/mol. The molecule has 2 aromatic carbocycles. The Balaban J connectivity index is 1.59. The Morgan fingerprint density at radius 2 is 1.66 bits per heavy atom. The zero-order valence-electron chi connectivity index (χ0n) is 17.8. The molecular weight excluding hydrogens is 541 g/mol. The molecule has 0 radical (unpaired) electrons. The molecule has 1 saturated carbocycles. The van der Waals surface area contributed by atoms with Crippen molar-refractivity contribution in [3.8, 4) is 17.5 Å². The fourth-order valence-electron chi connectivity index (χ4n) is 3.61. The van der Waals surface area contributed by atoms with E-state index in [0.29, 0.717) is 34.5 Å². The van der Waals surface area contributed by atoms with Gasteiger partial charge in [0.05, 0.1) is 12.1 Å². The van der Waals surface area contributed by atoms with Gasteiger partial charge in [0.2, 0.25) is 11.9 Å². The van der Waals surface area contributed by atoms with Crippen LogP contribution in [0.4, 0.5) is 17.6 Å². The Morgan fingerprint density at radius 1 is 0.938 bits per heavy atom.